The molecule has 1 aromatic heterocycles. The van der Waals surface area contributed by atoms with Gasteiger partial charge in [0.25, 0.3) is 5.56 Å². The summed E-state index contributed by atoms with van der Waals surface area (Å²) >= 11 is 0. The first kappa shape index (κ1) is 23.4. The van der Waals surface area contributed by atoms with Gasteiger partial charge in [-0.25, -0.2) is 18.6 Å². The van der Waals surface area contributed by atoms with Gasteiger partial charge >= 0.3 is 0 Å². The number of hydrogen-bond donors (Lipinski definition) is 0. The number of ether oxygens (including phenoxy) is 1. The zero-order chi connectivity index (χ0) is 24.4. The summed E-state index contributed by atoms with van der Waals surface area (Å²) in [4.78, 5) is 23.7. The molecule has 0 spiro atoms. The number of aromatic nitrogens is 2. The monoisotopic (exact) mass is 464 g/mol. The number of nitrogens with zero attached hydrogens (tertiary/aromatic N) is 4. The second kappa shape index (κ2) is 9.64. The van der Waals surface area contributed by atoms with Crippen LogP contribution in [-0.2, 0) is 7.05 Å². The first-order valence-corrected chi connectivity index (χ1v) is 11.2. The van der Waals surface area contributed by atoms with Crippen LogP contribution >= 0.6 is 0 Å². The molecule has 6 nitrogen and oxygen atoms in total. The average Bonchev–Trinajstić information content (AvgIpc) is 2.85. The van der Waals surface area contributed by atoms with Crippen LogP contribution in [0.1, 0.15) is 26.2 Å². The predicted octanol–water partition coefficient (Wildman–Crippen LogP) is 5.58. The van der Waals surface area contributed by atoms with E-state index >= 15 is 0 Å². The molecule has 8 heteroatoms. The SMILES string of the molecule is [C-]#[N+]c1ccc(-c2nc(N3CCC(CC)CC3)n(C)c(=O)c2-c2ccc(OC)c(F)c2)cc1F. The van der Waals surface area contributed by atoms with Crippen LogP contribution in [0.2, 0.25) is 0 Å². The zero-order valence-electron chi connectivity index (χ0n) is 19.4. The summed E-state index contributed by atoms with van der Waals surface area (Å²) in [6.07, 6.45) is 3.11. The summed E-state index contributed by atoms with van der Waals surface area (Å²) in [5, 5.41) is 0. The molecule has 0 radical (unpaired) electrons. The second-order valence-electron chi connectivity index (χ2n) is 8.47. The molecule has 1 aliphatic rings. The summed E-state index contributed by atoms with van der Waals surface area (Å²) in [7, 11) is 3.01. The Morgan fingerprint density at radius 2 is 1.79 bits per heavy atom. The van der Waals surface area contributed by atoms with Gasteiger partial charge in [-0.1, -0.05) is 31.5 Å². The van der Waals surface area contributed by atoms with E-state index in [1.807, 2.05) is 0 Å². The predicted molar refractivity (Wildman–Crippen MR) is 128 cm³/mol. The minimum Gasteiger partial charge on any atom is -0.494 e. The molecule has 1 saturated heterocycles. The Kier molecular flexibility index (Phi) is 6.64. The minimum absolute atomic E-state index is 0.0537. The normalized spacial score (nSPS) is 14.2. The highest BCUT2D eigenvalue weighted by atomic mass is 19.1. The Labute approximate surface area is 197 Å². The van der Waals surface area contributed by atoms with Crippen molar-refractivity contribution < 1.29 is 13.5 Å². The molecule has 2 heterocycles. The van der Waals surface area contributed by atoms with Crippen LogP contribution in [-0.4, -0.2) is 29.8 Å². The Morgan fingerprint density at radius 1 is 1.12 bits per heavy atom. The van der Waals surface area contributed by atoms with Gasteiger partial charge in [-0.05, 0) is 42.5 Å². The molecule has 34 heavy (non-hydrogen) atoms. The summed E-state index contributed by atoms with van der Waals surface area (Å²) in [6.45, 7) is 10.8. The Bertz CT molecular complexity index is 1320. The molecular formula is C26H26F2N4O2. The van der Waals surface area contributed by atoms with Crippen LogP contribution in [0.15, 0.2) is 41.2 Å². The standard InChI is InChI=1S/C26H26F2N4O2/c1-5-16-10-12-32(13-11-16)26-30-24(18-6-8-21(29-2)19(27)15-18)23(25(33)31(26)3)17-7-9-22(34-4)20(28)14-17/h6-9,14-16H,5,10-13H2,1,3-4H3. The molecule has 0 N–H and O–H groups in total. The van der Waals surface area contributed by atoms with Crippen molar-refractivity contribution in [3.8, 4) is 28.1 Å². The number of halogens is 2. The van der Waals surface area contributed by atoms with E-state index in [1.54, 1.807) is 19.2 Å². The largest absolute Gasteiger partial charge is 0.494 e. The lowest BCUT2D eigenvalue weighted by Gasteiger charge is -2.33. The van der Waals surface area contributed by atoms with Gasteiger partial charge in [0.15, 0.2) is 11.6 Å². The highest BCUT2D eigenvalue weighted by Gasteiger charge is 2.25. The molecule has 1 aliphatic heterocycles. The van der Waals surface area contributed by atoms with E-state index in [0.717, 1.165) is 32.4 Å². The lowest BCUT2D eigenvalue weighted by atomic mass is 9.94. The van der Waals surface area contributed by atoms with Gasteiger partial charge in [-0.2, -0.15) is 0 Å². The van der Waals surface area contributed by atoms with E-state index in [4.69, 9.17) is 16.3 Å². The van der Waals surface area contributed by atoms with Crippen LogP contribution < -0.4 is 15.2 Å². The van der Waals surface area contributed by atoms with Gasteiger partial charge in [0.05, 0.1) is 24.9 Å². The van der Waals surface area contributed by atoms with Crippen molar-refractivity contribution in [2.24, 2.45) is 13.0 Å². The minimum atomic E-state index is -0.702. The van der Waals surface area contributed by atoms with Gasteiger partial charge in [-0.3, -0.25) is 9.36 Å². The zero-order valence-corrected chi connectivity index (χ0v) is 19.4. The van der Waals surface area contributed by atoms with Crippen molar-refractivity contribution in [3.05, 3.63) is 69.8 Å². The number of hydrogen-bond acceptors (Lipinski definition) is 4. The van der Waals surface area contributed by atoms with E-state index in [2.05, 4.69) is 16.7 Å². The van der Waals surface area contributed by atoms with Crippen molar-refractivity contribution in [3.63, 3.8) is 0 Å². The average molecular weight is 465 g/mol. The summed E-state index contributed by atoms with van der Waals surface area (Å²) < 4.78 is 35.6. The Morgan fingerprint density at radius 3 is 2.38 bits per heavy atom. The molecule has 0 aliphatic carbocycles. The molecule has 3 aromatic rings. The fourth-order valence-corrected chi connectivity index (χ4v) is 4.45. The second-order valence-corrected chi connectivity index (χ2v) is 8.47. The maximum atomic E-state index is 14.5. The number of piperidine rings is 1. The Balaban J connectivity index is 1.93. The molecule has 2 aromatic carbocycles. The highest BCUT2D eigenvalue weighted by molar-refractivity contribution is 5.82. The van der Waals surface area contributed by atoms with Crippen molar-refractivity contribution >= 4 is 11.6 Å². The van der Waals surface area contributed by atoms with Gasteiger partial charge in [0.2, 0.25) is 11.6 Å². The van der Waals surface area contributed by atoms with E-state index in [-0.39, 0.29) is 28.3 Å². The lowest BCUT2D eigenvalue weighted by Crippen LogP contribution is -2.38. The molecule has 0 amide bonds. The van der Waals surface area contributed by atoms with Crippen LogP contribution in [0.3, 0.4) is 0 Å². The van der Waals surface area contributed by atoms with E-state index < -0.39 is 11.6 Å². The number of methoxy groups -OCH3 is 1. The maximum Gasteiger partial charge on any atom is 0.263 e. The van der Waals surface area contributed by atoms with Gasteiger partial charge in [0.1, 0.15) is 5.82 Å². The number of rotatable bonds is 5. The van der Waals surface area contributed by atoms with Gasteiger partial charge in [-0.15, -0.1) is 0 Å². The van der Waals surface area contributed by atoms with Crippen LogP contribution in [0.5, 0.6) is 5.75 Å². The lowest BCUT2D eigenvalue weighted by molar-refractivity contribution is 0.386. The molecule has 0 bridgehead atoms. The third kappa shape index (κ3) is 4.26. The van der Waals surface area contributed by atoms with E-state index in [1.165, 1.54) is 35.9 Å². The topological polar surface area (TPSA) is 51.7 Å². The summed E-state index contributed by atoms with van der Waals surface area (Å²) in [5.41, 5.74) is 0.580. The van der Waals surface area contributed by atoms with Crippen molar-refractivity contribution in [2.45, 2.75) is 26.2 Å². The third-order valence-corrected chi connectivity index (χ3v) is 6.52. The highest BCUT2D eigenvalue weighted by Crippen LogP contribution is 2.34. The Hall–Kier alpha value is -3.73. The van der Waals surface area contributed by atoms with Crippen molar-refractivity contribution in [2.75, 3.05) is 25.1 Å². The van der Waals surface area contributed by atoms with Crippen LogP contribution in [0.4, 0.5) is 20.4 Å². The molecule has 0 unspecified atom stereocenters. The quantitative estimate of drug-likeness (QED) is 0.463. The summed E-state index contributed by atoms with van der Waals surface area (Å²) in [5.74, 6) is -0.134. The smallest absolute Gasteiger partial charge is 0.263 e. The van der Waals surface area contributed by atoms with Gasteiger partial charge in [0, 0.05) is 25.7 Å². The van der Waals surface area contributed by atoms with Crippen molar-refractivity contribution in [1.82, 2.24) is 9.55 Å². The van der Waals surface area contributed by atoms with Gasteiger partial charge < -0.3 is 9.64 Å². The fraction of sp³-hybridized carbons (Fsp3) is 0.346. The van der Waals surface area contributed by atoms with E-state index in [9.17, 15) is 13.6 Å². The molecule has 176 valence electrons. The van der Waals surface area contributed by atoms with Crippen LogP contribution in [0.25, 0.3) is 27.2 Å². The maximum absolute atomic E-state index is 14.5. The van der Waals surface area contributed by atoms with E-state index in [0.29, 0.717) is 23.0 Å². The first-order valence-electron chi connectivity index (χ1n) is 11.2. The molecular weight excluding hydrogens is 438 g/mol. The summed E-state index contributed by atoms with van der Waals surface area (Å²) in [6, 6.07) is 8.37. The first-order chi connectivity index (χ1) is 16.4. The third-order valence-electron chi connectivity index (χ3n) is 6.52. The van der Waals surface area contributed by atoms with Crippen LogP contribution in [0, 0.1) is 24.1 Å². The molecule has 4 rings (SSSR count). The molecule has 0 atom stereocenters. The van der Waals surface area contributed by atoms with Crippen molar-refractivity contribution in [1.29, 1.82) is 0 Å². The number of benzene rings is 2. The number of anilines is 1. The fourth-order valence-electron chi connectivity index (χ4n) is 4.45. The molecule has 0 saturated carbocycles. The molecule has 1 fully saturated rings.